The second kappa shape index (κ2) is 13.9. The molecule has 8 heteroatoms. The number of amides is 2. The number of aliphatic hydroxyl groups is 1. The van der Waals surface area contributed by atoms with E-state index < -0.39 is 17.7 Å². The molecule has 206 valence electrons. The van der Waals surface area contributed by atoms with E-state index in [4.69, 9.17) is 4.74 Å². The van der Waals surface area contributed by atoms with E-state index >= 15 is 0 Å². The number of hydrogen-bond donors (Lipinski definition) is 2. The molecule has 0 saturated carbocycles. The van der Waals surface area contributed by atoms with E-state index in [1.54, 1.807) is 24.8 Å². The lowest BCUT2D eigenvalue weighted by atomic mass is 9.97. The summed E-state index contributed by atoms with van der Waals surface area (Å²) in [5, 5.41) is 19.8. The molecule has 4 rings (SSSR count). The Labute approximate surface area is 230 Å². The number of halogens is 1. The van der Waals surface area contributed by atoms with Crippen molar-refractivity contribution in [3.05, 3.63) is 107 Å². The van der Waals surface area contributed by atoms with Gasteiger partial charge < -0.3 is 25.4 Å². The molecule has 3 aromatic rings. The maximum Gasteiger partial charge on any atom is 0.320 e. The smallest absolute Gasteiger partial charge is 0.320 e. The predicted molar refractivity (Wildman–Crippen MR) is 149 cm³/mol. The lowest BCUT2D eigenvalue weighted by molar-refractivity contribution is -0.216. The van der Waals surface area contributed by atoms with Crippen LogP contribution in [0.3, 0.4) is 0 Å². The van der Waals surface area contributed by atoms with Crippen LogP contribution >= 0.6 is 0 Å². The zero-order valence-corrected chi connectivity index (χ0v) is 22.8. The molecule has 3 aromatic carbocycles. The first kappa shape index (κ1) is 29.8. The number of benzene rings is 3. The Morgan fingerprint density at radius 3 is 2.21 bits per heavy atom. The van der Waals surface area contributed by atoms with Crippen LogP contribution in [0.25, 0.3) is 0 Å². The van der Waals surface area contributed by atoms with E-state index in [1.807, 2.05) is 71.6 Å². The number of nitriles is 1. The van der Waals surface area contributed by atoms with Gasteiger partial charge in [0.25, 0.3) is 0 Å². The maximum absolute atomic E-state index is 14.1. The molecule has 1 fully saturated rings. The van der Waals surface area contributed by atoms with E-state index in [0.29, 0.717) is 31.5 Å². The number of nitrogens with zero attached hydrogens (tertiary/aromatic N) is 3. The van der Waals surface area contributed by atoms with Crippen LogP contribution in [-0.2, 0) is 24.2 Å². The molecule has 3 N–H and O–H groups in total. The van der Waals surface area contributed by atoms with E-state index in [9.17, 15) is 19.6 Å². The molecular formula is C31H37FN4O3. The molecular weight excluding hydrogens is 495 g/mol. The molecule has 7 nitrogen and oxygen atoms in total. The molecule has 2 amide bonds. The van der Waals surface area contributed by atoms with Gasteiger partial charge in [-0.1, -0.05) is 66.7 Å². The van der Waals surface area contributed by atoms with Crippen LogP contribution in [-0.4, -0.2) is 52.5 Å². The van der Waals surface area contributed by atoms with Crippen LogP contribution in [0.5, 0.6) is 0 Å². The Bertz CT molecular complexity index is 1240. The first-order chi connectivity index (χ1) is 18.7. The molecule has 2 unspecified atom stereocenters. The third-order valence-electron chi connectivity index (χ3n) is 6.48. The van der Waals surface area contributed by atoms with Gasteiger partial charge in [0.2, 0.25) is 0 Å². The predicted octanol–water partition coefficient (Wildman–Crippen LogP) is 4.83. The molecule has 39 heavy (non-hydrogen) atoms. The number of rotatable bonds is 8. The lowest BCUT2D eigenvalue weighted by Crippen LogP contribution is -2.51. The number of ether oxygens (including phenoxy) is 1. The van der Waals surface area contributed by atoms with E-state index in [-0.39, 0.29) is 24.2 Å². The quantitative estimate of drug-likeness (QED) is 0.405. The molecule has 1 saturated heterocycles. The minimum atomic E-state index is -1.38. The number of hydrogen-bond acceptors (Lipinski definition) is 5. The van der Waals surface area contributed by atoms with E-state index in [0.717, 1.165) is 11.1 Å². The Balaban J connectivity index is 0.00000205. The Kier molecular flexibility index (Phi) is 10.6. The van der Waals surface area contributed by atoms with Crippen molar-refractivity contribution in [2.45, 2.75) is 57.7 Å². The molecule has 0 aliphatic carbocycles. The summed E-state index contributed by atoms with van der Waals surface area (Å²) in [5.74, 6) is -1.96. The molecule has 1 heterocycles. The van der Waals surface area contributed by atoms with E-state index in [1.165, 1.54) is 19.2 Å². The van der Waals surface area contributed by atoms with Crippen molar-refractivity contribution >= 4 is 6.03 Å². The topological polar surface area (TPSA) is 103 Å². The minimum Gasteiger partial charge on any atom is -0.366 e. The molecule has 1 aliphatic heterocycles. The fourth-order valence-corrected chi connectivity index (χ4v) is 4.79. The van der Waals surface area contributed by atoms with Crippen molar-refractivity contribution in [1.82, 2.24) is 9.80 Å². The average Bonchev–Trinajstić information content (AvgIpc) is 3.04. The van der Waals surface area contributed by atoms with E-state index in [2.05, 4.69) is 5.73 Å². The Morgan fingerprint density at radius 2 is 1.62 bits per heavy atom. The van der Waals surface area contributed by atoms with Gasteiger partial charge in [-0.25, -0.2) is 9.18 Å². The summed E-state index contributed by atoms with van der Waals surface area (Å²) in [4.78, 5) is 17.6. The second-order valence-electron chi connectivity index (χ2n) is 9.89. The highest BCUT2D eigenvalue weighted by molar-refractivity contribution is 5.75. The lowest BCUT2D eigenvalue weighted by Gasteiger charge is -2.38. The van der Waals surface area contributed by atoms with Gasteiger partial charge in [-0.15, -0.1) is 0 Å². The van der Waals surface area contributed by atoms with Gasteiger partial charge >= 0.3 is 6.03 Å². The Morgan fingerprint density at radius 1 is 1.00 bits per heavy atom. The van der Waals surface area contributed by atoms with Crippen molar-refractivity contribution in [3.8, 4) is 6.07 Å². The third kappa shape index (κ3) is 8.36. The summed E-state index contributed by atoms with van der Waals surface area (Å²) in [6.07, 6.45) is 0.634. The van der Waals surface area contributed by atoms with Gasteiger partial charge in [0.15, 0.2) is 5.79 Å². The third-order valence-corrected chi connectivity index (χ3v) is 6.48. The monoisotopic (exact) mass is 532 g/mol. The highest BCUT2D eigenvalue weighted by Crippen LogP contribution is 2.28. The van der Waals surface area contributed by atoms with Crippen molar-refractivity contribution in [2.75, 3.05) is 13.6 Å². The van der Waals surface area contributed by atoms with Crippen LogP contribution in [0.1, 0.15) is 42.5 Å². The Hall–Kier alpha value is -3.77. The summed E-state index contributed by atoms with van der Waals surface area (Å²) >= 11 is 0. The number of carbonyl (C=O) groups is 1. The molecule has 1 aliphatic rings. The second-order valence-corrected chi connectivity index (χ2v) is 9.89. The minimum absolute atomic E-state index is 0.0499. The largest absolute Gasteiger partial charge is 0.366 e. The van der Waals surface area contributed by atoms with Gasteiger partial charge in [-0.3, -0.25) is 0 Å². The number of nitrogens with two attached hydrogens (primary N) is 1. The molecule has 0 spiro atoms. The molecule has 0 bridgehead atoms. The SMILES string of the molecule is CC(C)(O)OC1CCN(Cc2ccc(F)c(C#N)c2)C(=O)N(Cc2ccccc2)C1Cc1ccccc1.CN. The summed E-state index contributed by atoms with van der Waals surface area (Å²) in [6.45, 7) is 4.18. The van der Waals surface area contributed by atoms with Crippen LogP contribution < -0.4 is 5.73 Å². The van der Waals surface area contributed by atoms with Crippen LogP contribution in [0.2, 0.25) is 0 Å². The summed E-state index contributed by atoms with van der Waals surface area (Å²) < 4.78 is 20.1. The highest BCUT2D eigenvalue weighted by Gasteiger charge is 2.39. The number of carbonyl (C=O) groups excluding carboxylic acids is 1. The van der Waals surface area contributed by atoms with Gasteiger partial charge in [0.1, 0.15) is 11.9 Å². The standard InChI is InChI=1S/C30H32FN3O3.CH5N/c1-30(2,36)37-28-15-16-33(20-24-13-14-26(31)25(17-24)19-32)29(35)34(21-23-11-7-4-8-12-23)27(28)18-22-9-5-3-6-10-22;1-2/h3-14,17,27-28,36H,15-16,18,20-21H2,1-2H3;2H2,1H3. The van der Waals surface area contributed by atoms with Crippen molar-refractivity contribution in [1.29, 1.82) is 5.26 Å². The van der Waals surface area contributed by atoms with Crippen molar-refractivity contribution in [3.63, 3.8) is 0 Å². The zero-order chi connectivity index (χ0) is 28.4. The molecule has 2 atom stereocenters. The van der Waals surface area contributed by atoms with Crippen LogP contribution in [0, 0.1) is 17.1 Å². The van der Waals surface area contributed by atoms with Gasteiger partial charge in [0, 0.05) is 19.6 Å². The summed E-state index contributed by atoms with van der Waals surface area (Å²) in [6, 6.07) is 25.4. The molecule has 0 radical (unpaired) electrons. The fourth-order valence-electron chi connectivity index (χ4n) is 4.79. The summed E-state index contributed by atoms with van der Waals surface area (Å²) in [7, 11) is 1.50. The summed E-state index contributed by atoms with van der Waals surface area (Å²) in [5.41, 5.74) is 7.17. The van der Waals surface area contributed by atoms with Crippen LogP contribution in [0.15, 0.2) is 78.9 Å². The van der Waals surface area contributed by atoms with Crippen molar-refractivity contribution in [2.24, 2.45) is 5.73 Å². The zero-order valence-electron chi connectivity index (χ0n) is 22.8. The number of urea groups is 1. The van der Waals surface area contributed by atoms with Crippen LogP contribution in [0.4, 0.5) is 9.18 Å². The fraction of sp³-hybridized carbons (Fsp3) is 0.355. The normalized spacial score (nSPS) is 17.6. The van der Waals surface area contributed by atoms with Gasteiger partial charge in [-0.2, -0.15) is 5.26 Å². The van der Waals surface area contributed by atoms with Gasteiger partial charge in [0.05, 0.1) is 17.7 Å². The molecule has 0 aromatic heterocycles. The first-order valence-corrected chi connectivity index (χ1v) is 13.0. The average molecular weight is 533 g/mol. The maximum atomic E-state index is 14.1. The first-order valence-electron chi connectivity index (χ1n) is 13.0. The van der Waals surface area contributed by atoms with Gasteiger partial charge in [-0.05, 0) is 62.6 Å². The highest BCUT2D eigenvalue weighted by atomic mass is 19.1. The van der Waals surface area contributed by atoms with Crippen molar-refractivity contribution < 1.29 is 19.0 Å².